The van der Waals surface area contributed by atoms with E-state index >= 15 is 0 Å². The van der Waals surface area contributed by atoms with Gasteiger partial charge in [0, 0.05) is 19.6 Å². The summed E-state index contributed by atoms with van der Waals surface area (Å²) in [4.78, 5) is 2.55. The highest BCUT2D eigenvalue weighted by atomic mass is 15.1. The summed E-state index contributed by atoms with van der Waals surface area (Å²) < 4.78 is 0. The van der Waals surface area contributed by atoms with E-state index in [-0.39, 0.29) is 0 Å². The SMILES string of the molecule is Cc1cc(CNCCN2CCCCC2)c(C)nn1. The van der Waals surface area contributed by atoms with Gasteiger partial charge in [0.25, 0.3) is 0 Å². The zero-order chi connectivity index (χ0) is 12.8. The molecule has 1 N–H and O–H groups in total. The molecular formula is C14H24N4. The molecule has 18 heavy (non-hydrogen) atoms. The van der Waals surface area contributed by atoms with E-state index in [0.29, 0.717) is 0 Å². The van der Waals surface area contributed by atoms with E-state index in [1.165, 1.54) is 37.9 Å². The molecule has 2 heterocycles. The minimum Gasteiger partial charge on any atom is -0.311 e. The van der Waals surface area contributed by atoms with Gasteiger partial charge in [-0.15, -0.1) is 0 Å². The molecule has 0 bridgehead atoms. The summed E-state index contributed by atoms with van der Waals surface area (Å²) in [5, 5.41) is 11.7. The van der Waals surface area contributed by atoms with Crippen molar-refractivity contribution in [3.63, 3.8) is 0 Å². The molecule has 0 amide bonds. The van der Waals surface area contributed by atoms with E-state index in [9.17, 15) is 0 Å². The van der Waals surface area contributed by atoms with Gasteiger partial charge in [0.1, 0.15) is 0 Å². The van der Waals surface area contributed by atoms with Gasteiger partial charge in [-0.2, -0.15) is 10.2 Å². The Balaban J connectivity index is 1.69. The Morgan fingerprint density at radius 2 is 1.94 bits per heavy atom. The average Bonchev–Trinajstić information content (AvgIpc) is 2.40. The lowest BCUT2D eigenvalue weighted by Gasteiger charge is -2.26. The summed E-state index contributed by atoms with van der Waals surface area (Å²) in [5.74, 6) is 0. The smallest absolute Gasteiger partial charge is 0.0645 e. The zero-order valence-corrected chi connectivity index (χ0v) is 11.6. The molecule has 1 saturated heterocycles. The molecule has 1 aliphatic rings. The van der Waals surface area contributed by atoms with Crippen molar-refractivity contribution < 1.29 is 0 Å². The molecule has 0 aromatic carbocycles. The number of nitrogens with zero attached hydrogens (tertiary/aromatic N) is 3. The Bertz CT molecular complexity index is 372. The number of hydrogen-bond donors (Lipinski definition) is 1. The third kappa shape index (κ3) is 4.03. The van der Waals surface area contributed by atoms with Crippen molar-refractivity contribution in [2.45, 2.75) is 39.7 Å². The van der Waals surface area contributed by atoms with Crippen LogP contribution in [0.5, 0.6) is 0 Å². The Hall–Kier alpha value is -1.00. The maximum absolute atomic E-state index is 4.15. The van der Waals surface area contributed by atoms with Gasteiger partial charge < -0.3 is 10.2 Å². The van der Waals surface area contributed by atoms with Crippen LogP contribution in [0, 0.1) is 13.8 Å². The third-order valence-corrected chi connectivity index (χ3v) is 3.57. The molecule has 0 saturated carbocycles. The first kappa shape index (κ1) is 13.4. The van der Waals surface area contributed by atoms with Crippen LogP contribution in [0.4, 0.5) is 0 Å². The molecule has 0 atom stereocenters. The summed E-state index contributed by atoms with van der Waals surface area (Å²) in [6, 6.07) is 2.12. The lowest BCUT2D eigenvalue weighted by Crippen LogP contribution is -2.35. The first-order valence-corrected chi connectivity index (χ1v) is 6.98. The first-order valence-electron chi connectivity index (χ1n) is 6.98. The van der Waals surface area contributed by atoms with Crippen LogP contribution in [0.3, 0.4) is 0 Å². The van der Waals surface area contributed by atoms with Crippen molar-refractivity contribution in [1.29, 1.82) is 0 Å². The van der Waals surface area contributed by atoms with Crippen LogP contribution in [-0.2, 0) is 6.54 Å². The molecule has 1 fully saturated rings. The van der Waals surface area contributed by atoms with Gasteiger partial charge in [-0.3, -0.25) is 0 Å². The zero-order valence-electron chi connectivity index (χ0n) is 11.6. The lowest BCUT2D eigenvalue weighted by atomic mass is 10.1. The second-order valence-corrected chi connectivity index (χ2v) is 5.18. The van der Waals surface area contributed by atoms with Crippen molar-refractivity contribution in [1.82, 2.24) is 20.4 Å². The Labute approximate surface area is 110 Å². The monoisotopic (exact) mass is 248 g/mol. The predicted octanol–water partition coefficient (Wildman–Crippen LogP) is 1.67. The third-order valence-electron chi connectivity index (χ3n) is 3.57. The Kier molecular flexibility index (Phi) is 5.08. The van der Waals surface area contributed by atoms with E-state index in [1.54, 1.807) is 0 Å². The normalized spacial score (nSPS) is 17.0. The quantitative estimate of drug-likeness (QED) is 0.805. The fourth-order valence-electron chi connectivity index (χ4n) is 2.43. The largest absolute Gasteiger partial charge is 0.311 e. The van der Waals surface area contributed by atoms with Gasteiger partial charge >= 0.3 is 0 Å². The van der Waals surface area contributed by atoms with Gasteiger partial charge in [0.2, 0.25) is 0 Å². The van der Waals surface area contributed by atoms with Crippen LogP contribution in [-0.4, -0.2) is 41.3 Å². The topological polar surface area (TPSA) is 41.0 Å². The molecule has 0 spiro atoms. The van der Waals surface area contributed by atoms with Gasteiger partial charge in [0.05, 0.1) is 11.4 Å². The van der Waals surface area contributed by atoms with Crippen LogP contribution >= 0.6 is 0 Å². The number of hydrogen-bond acceptors (Lipinski definition) is 4. The number of nitrogens with one attached hydrogen (secondary N) is 1. The fourth-order valence-corrected chi connectivity index (χ4v) is 2.43. The van der Waals surface area contributed by atoms with Crippen molar-refractivity contribution in [3.8, 4) is 0 Å². The van der Waals surface area contributed by atoms with Crippen molar-refractivity contribution in [2.24, 2.45) is 0 Å². The van der Waals surface area contributed by atoms with E-state index in [4.69, 9.17) is 0 Å². The summed E-state index contributed by atoms with van der Waals surface area (Å²) in [6.07, 6.45) is 4.14. The first-order chi connectivity index (χ1) is 8.75. The van der Waals surface area contributed by atoms with Crippen LogP contribution in [0.1, 0.15) is 36.2 Å². The minimum atomic E-state index is 0.899. The molecular weight excluding hydrogens is 224 g/mol. The minimum absolute atomic E-state index is 0.899. The standard InChI is InChI=1S/C14H24N4/c1-12-10-14(13(2)17-16-12)11-15-6-9-18-7-4-3-5-8-18/h10,15H,3-9,11H2,1-2H3. The summed E-state index contributed by atoms with van der Waals surface area (Å²) in [6.45, 7) is 9.68. The van der Waals surface area contributed by atoms with E-state index in [2.05, 4.69) is 26.5 Å². The van der Waals surface area contributed by atoms with Crippen molar-refractivity contribution in [2.75, 3.05) is 26.2 Å². The molecule has 2 rings (SSSR count). The summed E-state index contributed by atoms with van der Waals surface area (Å²) in [5.41, 5.74) is 3.29. The van der Waals surface area contributed by atoms with E-state index < -0.39 is 0 Å². The van der Waals surface area contributed by atoms with Crippen LogP contribution in [0.25, 0.3) is 0 Å². The second-order valence-electron chi connectivity index (χ2n) is 5.18. The number of piperidine rings is 1. The molecule has 4 heteroatoms. The van der Waals surface area contributed by atoms with Crippen molar-refractivity contribution in [3.05, 3.63) is 23.0 Å². The molecule has 0 radical (unpaired) electrons. The highest BCUT2D eigenvalue weighted by Crippen LogP contribution is 2.08. The number of rotatable bonds is 5. The maximum atomic E-state index is 4.15. The second kappa shape index (κ2) is 6.81. The highest BCUT2D eigenvalue weighted by Gasteiger charge is 2.09. The molecule has 1 aliphatic heterocycles. The molecule has 1 aromatic rings. The Morgan fingerprint density at radius 3 is 2.72 bits per heavy atom. The van der Waals surface area contributed by atoms with Gasteiger partial charge in [-0.1, -0.05) is 6.42 Å². The van der Waals surface area contributed by atoms with Gasteiger partial charge in [0.15, 0.2) is 0 Å². The summed E-state index contributed by atoms with van der Waals surface area (Å²) >= 11 is 0. The molecule has 1 aromatic heterocycles. The fraction of sp³-hybridized carbons (Fsp3) is 0.714. The molecule has 0 unspecified atom stereocenters. The highest BCUT2D eigenvalue weighted by molar-refractivity contribution is 5.19. The molecule has 4 nitrogen and oxygen atoms in total. The maximum Gasteiger partial charge on any atom is 0.0645 e. The van der Waals surface area contributed by atoms with Gasteiger partial charge in [-0.25, -0.2) is 0 Å². The number of aryl methyl sites for hydroxylation is 2. The molecule has 100 valence electrons. The van der Waals surface area contributed by atoms with E-state index in [0.717, 1.165) is 31.0 Å². The summed E-state index contributed by atoms with van der Waals surface area (Å²) in [7, 11) is 0. The average molecular weight is 248 g/mol. The van der Waals surface area contributed by atoms with Crippen LogP contribution in [0.2, 0.25) is 0 Å². The molecule has 0 aliphatic carbocycles. The van der Waals surface area contributed by atoms with Crippen molar-refractivity contribution >= 4 is 0 Å². The predicted molar refractivity (Wildman–Crippen MR) is 73.5 cm³/mol. The number of likely N-dealkylation sites (tertiary alicyclic amines) is 1. The van der Waals surface area contributed by atoms with Crippen LogP contribution in [0.15, 0.2) is 6.07 Å². The Morgan fingerprint density at radius 1 is 1.17 bits per heavy atom. The number of aromatic nitrogens is 2. The van der Waals surface area contributed by atoms with Crippen LogP contribution < -0.4 is 5.32 Å². The van der Waals surface area contributed by atoms with Gasteiger partial charge in [-0.05, 0) is 51.4 Å². The van der Waals surface area contributed by atoms with E-state index in [1.807, 2.05) is 13.8 Å². The lowest BCUT2D eigenvalue weighted by molar-refractivity contribution is 0.229.